The molecule has 0 radical (unpaired) electrons. The number of hydrogen-bond donors (Lipinski definition) is 1. The van der Waals surface area contributed by atoms with Gasteiger partial charge in [0.1, 0.15) is 11.5 Å². The summed E-state index contributed by atoms with van der Waals surface area (Å²) in [4.78, 5) is 19.3. The van der Waals surface area contributed by atoms with Crippen molar-refractivity contribution in [2.45, 2.75) is 25.2 Å². The van der Waals surface area contributed by atoms with Crippen LogP contribution >= 0.6 is 0 Å². The van der Waals surface area contributed by atoms with Gasteiger partial charge in [-0.3, -0.25) is 14.9 Å². The van der Waals surface area contributed by atoms with E-state index in [1.165, 1.54) is 12.1 Å². The van der Waals surface area contributed by atoms with Crippen LogP contribution in [0.5, 0.6) is 0 Å². The van der Waals surface area contributed by atoms with E-state index in [0.29, 0.717) is 18.7 Å². The molecule has 0 aliphatic carbocycles. The molecule has 1 saturated heterocycles. The van der Waals surface area contributed by atoms with Crippen LogP contribution < -0.4 is 0 Å². The van der Waals surface area contributed by atoms with E-state index in [0.717, 1.165) is 36.3 Å². The van der Waals surface area contributed by atoms with Crippen LogP contribution in [-0.2, 0) is 6.42 Å². The van der Waals surface area contributed by atoms with Crippen molar-refractivity contribution < 1.29 is 9.18 Å². The van der Waals surface area contributed by atoms with Gasteiger partial charge in [-0.05, 0) is 48.7 Å². The number of halogens is 1. The Balaban J connectivity index is 1.47. The summed E-state index contributed by atoms with van der Waals surface area (Å²) in [6.07, 6.45) is 4.22. The molecule has 5 nitrogen and oxygen atoms in total. The number of aromatic nitrogens is 3. The molecule has 0 unspecified atom stereocenters. The number of aromatic amines is 1. The second-order valence-corrected chi connectivity index (χ2v) is 6.92. The maximum absolute atomic E-state index is 13.1. The number of likely N-dealkylation sites (tertiary alicyclic amines) is 1. The highest BCUT2D eigenvalue weighted by Crippen LogP contribution is 2.27. The van der Waals surface area contributed by atoms with Gasteiger partial charge in [0.15, 0.2) is 0 Å². The zero-order valence-electron chi connectivity index (χ0n) is 14.9. The molecule has 2 aromatic heterocycles. The molecule has 0 saturated carbocycles. The average Bonchev–Trinajstić information content (AvgIpc) is 3.24. The Bertz CT molecular complexity index is 908. The lowest BCUT2D eigenvalue weighted by molar-refractivity contribution is 0.0700. The molecule has 1 amide bonds. The summed E-state index contributed by atoms with van der Waals surface area (Å²) < 4.78 is 13.1. The highest BCUT2D eigenvalue weighted by molar-refractivity contribution is 5.92. The van der Waals surface area contributed by atoms with Crippen LogP contribution in [0.15, 0.2) is 54.7 Å². The predicted octanol–water partition coefficient (Wildman–Crippen LogP) is 3.55. The summed E-state index contributed by atoms with van der Waals surface area (Å²) in [5, 5.41) is 6.61. The van der Waals surface area contributed by atoms with Crippen LogP contribution in [-0.4, -0.2) is 39.1 Å². The molecule has 0 bridgehead atoms. The van der Waals surface area contributed by atoms with Gasteiger partial charge in [-0.2, -0.15) is 5.10 Å². The lowest BCUT2D eigenvalue weighted by Gasteiger charge is -2.32. The number of carbonyl (C=O) groups excluding carboxylic acids is 1. The summed E-state index contributed by atoms with van der Waals surface area (Å²) in [6.45, 7) is 1.41. The molecule has 1 atom stereocenters. The quantitative estimate of drug-likeness (QED) is 0.770. The van der Waals surface area contributed by atoms with E-state index in [2.05, 4.69) is 10.2 Å². The van der Waals surface area contributed by atoms with E-state index in [1.54, 1.807) is 24.4 Å². The molecular formula is C21H21FN4O. The smallest absolute Gasteiger partial charge is 0.271 e. The van der Waals surface area contributed by atoms with E-state index >= 15 is 0 Å². The van der Waals surface area contributed by atoms with Crippen LogP contribution in [0.3, 0.4) is 0 Å². The number of benzene rings is 1. The first-order valence-electron chi connectivity index (χ1n) is 9.18. The van der Waals surface area contributed by atoms with Crippen LogP contribution in [0.4, 0.5) is 4.39 Å². The number of piperidine rings is 1. The van der Waals surface area contributed by atoms with E-state index < -0.39 is 0 Å². The topological polar surface area (TPSA) is 61.9 Å². The first-order valence-corrected chi connectivity index (χ1v) is 9.18. The maximum Gasteiger partial charge on any atom is 0.271 e. The summed E-state index contributed by atoms with van der Waals surface area (Å²) in [5.41, 5.74) is 3.52. The number of nitrogens with one attached hydrogen (secondary N) is 1. The Morgan fingerprint density at radius 3 is 2.81 bits per heavy atom. The second-order valence-electron chi connectivity index (χ2n) is 6.92. The third-order valence-electron chi connectivity index (χ3n) is 4.98. The standard InChI is InChI=1S/C21H21FN4O/c22-17-8-6-15(7-9-17)13-18-4-1-5-19(24-18)16-3-2-12-26(14-16)21(27)20-10-11-23-25-20/h1,4-11,16H,2-3,12-14H2,(H,23,25)/t16-/m0/s1. The molecule has 27 heavy (non-hydrogen) atoms. The predicted molar refractivity (Wildman–Crippen MR) is 99.9 cm³/mol. The van der Waals surface area contributed by atoms with E-state index in [-0.39, 0.29) is 17.6 Å². The molecule has 3 heterocycles. The van der Waals surface area contributed by atoms with Crippen LogP contribution in [0, 0.1) is 5.82 Å². The third-order valence-corrected chi connectivity index (χ3v) is 4.98. The normalized spacial score (nSPS) is 17.1. The fourth-order valence-electron chi connectivity index (χ4n) is 3.58. The SMILES string of the molecule is O=C(c1ccn[nH]1)N1CCC[C@H](c2cccc(Cc3ccc(F)cc3)n2)C1. The minimum absolute atomic E-state index is 0.0142. The Labute approximate surface area is 157 Å². The van der Waals surface area contributed by atoms with Gasteiger partial charge in [0.25, 0.3) is 5.91 Å². The van der Waals surface area contributed by atoms with Crippen LogP contribution in [0.25, 0.3) is 0 Å². The Morgan fingerprint density at radius 1 is 1.19 bits per heavy atom. The maximum atomic E-state index is 13.1. The molecule has 138 valence electrons. The summed E-state index contributed by atoms with van der Waals surface area (Å²) in [5.74, 6) is -0.0249. The minimum Gasteiger partial charge on any atom is -0.337 e. The number of amides is 1. The van der Waals surface area contributed by atoms with Crippen molar-refractivity contribution in [2.24, 2.45) is 0 Å². The van der Waals surface area contributed by atoms with E-state index in [9.17, 15) is 9.18 Å². The van der Waals surface area contributed by atoms with Gasteiger partial charge in [0, 0.05) is 43.0 Å². The van der Waals surface area contributed by atoms with Crippen molar-refractivity contribution in [3.63, 3.8) is 0 Å². The number of carbonyl (C=O) groups is 1. The number of pyridine rings is 1. The van der Waals surface area contributed by atoms with Crippen molar-refractivity contribution in [2.75, 3.05) is 13.1 Å². The molecule has 1 aliphatic heterocycles. The number of H-pyrrole nitrogens is 1. The van der Waals surface area contributed by atoms with Crippen LogP contribution in [0.1, 0.15) is 46.2 Å². The highest BCUT2D eigenvalue weighted by atomic mass is 19.1. The number of nitrogens with zero attached hydrogens (tertiary/aromatic N) is 3. The monoisotopic (exact) mass is 364 g/mol. The molecule has 1 aromatic carbocycles. The molecule has 3 aromatic rings. The van der Waals surface area contributed by atoms with Gasteiger partial charge >= 0.3 is 0 Å². The first-order chi connectivity index (χ1) is 13.2. The largest absolute Gasteiger partial charge is 0.337 e. The summed E-state index contributed by atoms with van der Waals surface area (Å²) in [6, 6.07) is 14.2. The number of hydrogen-bond acceptors (Lipinski definition) is 3. The third kappa shape index (κ3) is 4.05. The van der Waals surface area contributed by atoms with Crippen molar-refractivity contribution >= 4 is 5.91 Å². The minimum atomic E-state index is -0.232. The lowest BCUT2D eigenvalue weighted by atomic mass is 9.93. The van der Waals surface area contributed by atoms with Gasteiger partial charge < -0.3 is 4.90 Å². The van der Waals surface area contributed by atoms with Gasteiger partial charge in [-0.1, -0.05) is 18.2 Å². The average molecular weight is 364 g/mol. The fourth-order valence-corrected chi connectivity index (χ4v) is 3.58. The Hall–Kier alpha value is -3.02. The molecular weight excluding hydrogens is 343 g/mol. The fraction of sp³-hybridized carbons (Fsp3) is 0.286. The second kappa shape index (κ2) is 7.70. The Kier molecular flexibility index (Phi) is 4.96. The highest BCUT2D eigenvalue weighted by Gasteiger charge is 2.26. The van der Waals surface area contributed by atoms with Crippen molar-refractivity contribution in [1.29, 1.82) is 0 Å². The molecule has 1 fully saturated rings. The lowest BCUT2D eigenvalue weighted by Crippen LogP contribution is -2.39. The van der Waals surface area contributed by atoms with E-state index in [1.807, 2.05) is 23.1 Å². The van der Waals surface area contributed by atoms with Gasteiger partial charge in [0.05, 0.1) is 0 Å². The number of rotatable bonds is 4. The van der Waals surface area contributed by atoms with Gasteiger partial charge in [-0.15, -0.1) is 0 Å². The van der Waals surface area contributed by atoms with Gasteiger partial charge in [0.2, 0.25) is 0 Å². The van der Waals surface area contributed by atoms with Crippen molar-refractivity contribution in [3.8, 4) is 0 Å². The molecule has 0 spiro atoms. The Morgan fingerprint density at radius 2 is 2.04 bits per heavy atom. The zero-order valence-corrected chi connectivity index (χ0v) is 14.9. The van der Waals surface area contributed by atoms with E-state index in [4.69, 9.17) is 4.98 Å². The molecule has 1 aliphatic rings. The van der Waals surface area contributed by atoms with Gasteiger partial charge in [-0.25, -0.2) is 4.39 Å². The van der Waals surface area contributed by atoms with Crippen LogP contribution in [0.2, 0.25) is 0 Å². The van der Waals surface area contributed by atoms with Crippen molar-refractivity contribution in [3.05, 3.63) is 83.2 Å². The zero-order chi connectivity index (χ0) is 18.6. The first kappa shape index (κ1) is 17.4. The molecule has 1 N–H and O–H groups in total. The summed E-state index contributed by atoms with van der Waals surface area (Å²) in [7, 11) is 0. The summed E-state index contributed by atoms with van der Waals surface area (Å²) >= 11 is 0. The molecule has 4 rings (SSSR count). The molecule has 6 heteroatoms. The van der Waals surface area contributed by atoms with Crippen molar-refractivity contribution in [1.82, 2.24) is 20.1 Å².